The normalized spacial score (nSPS) is 16.3. The van der Waals surface area contributed by atoms with Crippen molar-refractivity contribution in [3.63, 3.8) is 0 Å². The van der Waals surface area contributed by atoms with Crippen LogP contribution in [-0.2, 0) is 0 Å². The Balaban J connectivity index is 3.91. The highest BCUT2D eigenvalue weighted by molar-refractivity contribution is 4.74. The van der Waals surface area contributed by atoms with E-state index in [4.69, 9.17) is 0 Å². The third kappa shape index (κ3) is 5.50. The second-order valence-corrected chi connectivity index (χ2v) is 3.89. The van der Waals surface area contributed by atoms with E-state index in [1.54, 1.807) is 11.9 Å². The summed E-state index contributed by atoms with van der Waals surface area (Å²) in [4.78, 5) is 1.68. The predicted octanol–water partition coefficient (Wildman–Crippen LogP) is 1.82. The lowest BCUT2D eigenvalue weighted by molar-refractivity contribution is 0.0926. The SMILES string of the molecule is CCC(C)C(CN(C)CC(F)F)NC. The summed E-state index contributed by atoms with van der Waals surface area (Å²) < 4.78 is 24.1. The molecule has 0 aromatic carbocycles. The summed E-state index contributed by atoms with van der Waals surface area (Å²) in [6, 6.07) is 0.295. The minimum absolute atomic E-state index is 0.144. The van der Waals surface area contributed by atoms with Gasteiger partial charge in [0.25, 0.3) is 6.43 Å². The first-order valence-electron chi connectivity index (χ1n) is 5.15. The average Bonchev–Trinajstić information content (AvgIpc) is 2.11. The molecule has 2 unspecified atom stereocenters. The Bertz CT molecular complexity index is 142. The molecule has 14 heavy (non-hydrogen) atoms. The van der Waals surface area contributed by atoms with Crippen molar-refractivity contribution in [1.29, 1.82) is 0 Å². The first-order chi connectivity index (χ1) is 6.51. The molecule has 4 heteroatoms. The van der Waals surface area contributed by atoms with Crippen molar-refractivity contribution >= 4 is 0 Å². The zero-order chi connectivity index (χ0) is 11.1. The standard InChI is InChI=1S/C10H22F2N2/c1-5-8(2)9(13-3)6-14(4)7-10(11)12/h8-10,13H,5-7H2,1-4H3. The predicted molar refractivity (Wildman–Crippen MR) is 55.8 cm³/mol. The van der Waals surface area contributed by atoms with Crippen LogP contribution in [0.4, 0.5) is 8.78 Å². The molecule has 0 rings (SSSR count). The quantitative estimate of drug-likeness (QED) is 0.686. The molecule has 0 spiro atoms. The summed E-state index contributed by atoms with van der Waals surface area (Å²) in [5.74, 6) is 0.514. The monoisotopic (exact) mass is 208 g/mol. The number of halogens is 2. The summed E-state index contributed by atoms with van der Waals surface area (Å²) >= 11 is 0. The summed E-state index contributed by atoms with van der Waals surface area (Å²) in [6.07, 6.45) is -1.18. The van der Waals surface area contributed by atoms with Gasteiger partial charge < -0.3 is 5.32 Å². The highest BCUT2D eigenvalue weighted by Crippen LogP contribution is 2.08. The number of alkyl halides is 2. The number of hydrogen-bond acceptors (Lipinski definition) is 2. The van der Waals surface area contributed by atoms with Gasteiger partial charge in [-0.3, -0.25) is 4.90 Å². The second-order valence-electron chi connectivity index (χ2n) is 3.89. The fourth-order valence-corrected chi connectivity index (χ4v) is 1.49. The molecule has 0 amide bonds. The minimum Gasteiger partial charge on any atom is -0.315 e. The maximum absolute atomic E-state index is 12.1. The van der Waals surface area contributed by atoms with Crippen LogP contribution in [0.25, 0.3) is 0 Å². The average molecular weight is 208 g/mol. The van der Waals surface area contributed by atoms with E-state index < -0.39 is 6.43 Å². The van der Waals surface area contributed by atoms with E-state index in [9.17, 15) is 8.78 Å². The van der Waals surface area contributed by atoms with E-state index in [2.05, 4.69) is 19.2 Å². The lowest BCUT2D eigenvalue weighted by Gasteiger charge is -2.27. The summed E-state index contributed by atoms with van der Waals surface area (Å²) in [5, 5.41) is 3.17. The number of rotatable bonds is 7. The maximum Gasteiger partial charge on any atom is 0.251 e. The molecule has 0 aromatic heterocycles. The van der Waals surface area contributed by atoms with Crippen LogP contribution < -0.4 is 5.32 Å². The Morgan fingerprint density at radius 1 is 1.29 bits per heavy atom. The molecule has 0 saturated heterocycles. The van der Waals surface area contributed by atoms with Crippen molar-refractivity contribution < 1.29 is 8.78 Å². The maximum atomic E-state index is 12.1. The highest BCUT2D eigenvalue weighted by Gasteiger charge is 2.17. The van der Waals surface area contributed by atoms with Gasteiger partial charge in [0.1, 0.15) is 0 Å². The molecular weight excluding hydrogens is 186 g/mol. The zero-order valence-electron chi connectivity index (χ0n) is 9.56. The zero-order valence-corrected chi connectivity index (χ0v) is 9.56. The molecule has 2 atom stereocenters. The molecular formula is C10H22F2N2. The number of nitrogens with zero attached hydrogens (tertiary/aromatic N) is 1. The fraction of sp³-hybridized carbons (Fsp3) is 1.00. The Morgan fingerprint density at radius 3 is 2.21 bits per heavy atom. The topological polar surface area (TPSA) is 15.3 Å². The third-order valence-electron chi connectivity index (χ3n) is 2.66. The number of hydrogen-bond donors (Lipinski definition) is 1. The van der Waals surface area contributed by atoms with Crippen molar-refractivity contribution in [2.45, 2.75) is 32.7 Å². The van der Waals surface area contributed by atoms with Gasteiger partial charge in [0, 0.05) is 12.6 Å². The van der Waals surface area contributed by atoms with Crippen LogP contribution in [0.1, 0.15) is 20.3 Å². The van der Waals surface area contributed by atoms with Gasteiger partial charge >= 0.3 is 0 Å². The second kappa shape index (κ2) is 7.12. The summed E-state index contributed by atoms with van der Waals surface area (Å²) in [6.45, 7) is 4.78. The minimum atomic E-state index is -2.24. The number of nitrogens with one attached hydrogen (secondary N) is 1. The molecule has 0 heterocycles. The van der Waals surface area contributed by atoms with Gasteiger partial charge in [0.05, 0.1) is 6.54 Å². The van der Waals surface area contributed by atoms with E-state index in [1.165, 1.54) is 0 Å². The smallest absolute Gasteiger partial charge is 0.251 e. The van der Waals surface area contributed by atoms with Gasteiger partial charge in [-0.2, -0.15) is 0 Å². The molecule has 1 N–H and O–H groups in total. The first-order valence-corrected chi connectivity index (χ1v) is 5.15. The van der Waals surface area contributed by atoms with E-state index in [-0.39, 0.29) is 6.54 Å². The molecule has 0 aliphatic heterocycles. The lowest BCUT2D eigenvalue weighted by Crippen LogP contribution is -2.43. The van der Waals surface area contributed by atoms with Gasteiger partial charge in [0.2, 0.25) is 0 Å². The first kappa shape index (κ1) is 13.8. The molecule has 86 valence electrons. The third-order valence-corrected chi connectivity index (χ3v) is 2.66. The van der Waals surface area contributed by atoms with Crippen LogP contribution in [0.2, 0.25) is 0 Å². The van der Waals surface area contributed by atoms with Crippen LogP contribution >= 0.6 is 0 Å². The Kier molecular flexibility index (Phi) is 7.01. The molecule has 0 aliphatic carbocycles. The summed E-state index contributed by atoms with van der Waals surface area (Å²) in [7, 11) is 3.62. The Labute approximate surface area is 85.7 Å². The molecule has 0 fully saturated rings. The van der Waals surface area contributed by atoms with Crippen LogP contribution in [0.3, 0.4) is 0 Å². The van der Waals surface area contributed by atoms with Gasteiger partial charge in [0.15, 0.2) is 0 Å². The van der Waals surface area contributed by atoms with Gasteiger partial charge in [-0.1, -0.05) is 20.3 Å². The molecule has 0 aliphatic rings. The Hall–Kier alpha value is -0.220. The number of likely N-dealkylation sites (N-methyl/N-ethyl adjacent to an activating group) is 2. The van der Waals surface area contributed by atoms with Crippen molar-refractivity contribution in [1.82, 2.24) is 10.2 Å². The Morgan fingerprint density at radius 2 is 1.86 bits per heavy atom. The molecule has 0 radical (unpaired) electrons. The summed E-state index contributed by atoms with van der Waals surface area (Å²) in [5.41, 5.74) is 0. The van der Waals surface area contributed by atoms with Crippen molar-refractivity contribution in [2.24, 2.45) is 5.92 Å². The van der Waals surface area contributed by atoms with Crippen LogP contribution in [-0.4, -0.2) is 44.6 Å². The van der Waals surface area contributed by atoms with E-state index in [0.29, 0.717) is 18.5 Å². The van der Waals surface area contributed by atoms with E-state index in [1.807, 2.05) is 7.05 Å². The van der Waals surface area contributed by atoms with Crippen LogP contribution in [0.15, 0.2) is 0 Å². The van der Waals surface area contributed by atoms with Gasteiger partial charge in [-0.05, 0) is 20.0 Å². The van der Waals surface area contributed by atoms with Crippen molar-refractivity contribution in [3.05, 3.63) is 0 Å². The molecule has 0 aromatic rings. The molecule has 0 saturated carbocycles. The highest BCUT2D eigenvalue weighted by atomic mass is 19.3. The van der Waals surface area contributed by atoms with Gasteiger partial charge in [-0.25, -0.2) is 8.78 Å². The lowest BCUT2D eigenvalue weighted by atomic mass is 9.99. The van der Waals surface area contributed by atoms with Crippen molar-refractivity contribution in [2.75, 3.05) is 27.2 Å². The van der Waals surface area contributed by atoms with Crippen molar-refractivity contribution in [3.8, 4) is 0 Å². The van der Waals surface area contributed by atoms with Crippen LogP contribution in [0.5, 0.6) is 0 Å². The van der Waals surface area contributed by atoms with Gasteiger partial charge in [-0.15, -0.1) is 0 Å². The van der Waals surface area contributed by atoms with E-state index in [0.717, 1.165) is 6.42 Å². The largest absolute Gasteiger partial charge is 0.315 e. The fourth-order valence-electron chi connectivity index (χ4n) is 1.49. The van der Waals surface area contributed by atoms with E-state index >= 15 is 0 Å². The molecule has 2 nitrogen and oxygen atoms in total. The molecule has 0 bridgehead atoms. The van der Waals surface area contributed by atoms with Crippen LogP contribution in [0, 0.1) is 5.92 Å².